The minimum Gasteiger partial charge on any atom is -0.508 e. The molecule has 35 heavy (non-hydrogen) atoms. The van der Waals surface area contributed by atoms with Gasteiger partial charge in [-0.05, 0) is 31.0 Å². The van der Waals surface area contributed by atoms with Crippen molar-refractivity contribution in [3.63, 3.8) is 0 Å². The van der Waals surface area contributed by atoms with Crippen LogP contribution in [0.5, 0.6) is 5.75 Å². The molecule has 2 aromatic carbocycles. The van der Waals surface area contributed by atoms with E-state index in [1.165, 1.54) is 25.1 Å². The highest BCUT2D eigenvalue weighted by Gasteiger charge is 2.65. The maximum Gasteiger partial charge on any atom is 0.327 e. The Morgan fingerprint density at radius 2 is 1.74 bits per heavy atom. The van der Waals surface area contributed by atoms with Gasteiger partial charge in [0.15, 0.2) is 6.10 Å². The third kappa shape index (κ3) is 4.97. The first-order valence-corrected chi connectivity index (χ1v) is 11.0. The Hall–Kier alpha value is -3.53. The zero-order chi connectivity index (χ0) is 26.1. The van der Waals surface area contributed by atoms with Crippen molar-refractivity contribution in [2.45, 2.75) is 51.3 Å². The van der Waals surface area contributed by atoms with Crippen molar-refractivity contribution in [2.75, 3.05) is 6.54 Å². The molecule has 4 N–H and O–H groups in total. The lowest BCUT2D eigenvalue weighted by Crippen LogP contribution is -2.56. The molecule has 2 amide bonds. The number of likely N-dealkylation sites (tertiary alicyclic amines) is 1. The van der Waals surface area contributed by atoms with Gasteiger partial charge in [0.25, 0.3) is 17.7 Å². The maximum atomic E-state index is 14.6. The first kappa shape index (κ1) is 26.1. The molecule has 1 saturated heterocycles. The lowest BCUT2D eigenvalue weighted by atomic mass is 9.81. The lowest BCUT2D eigenvalue weighted by Gasteiger charge is -2.32. The molecule has 0 aromatic heterocycles. The molecule has 0 radical (unpaired) electrons. The standard InChI is InChI=1S/C25H28F2N2O6/c1-14-16(10-7-11-18(14)30)21(32)28-17(12-15-8-5-4-6-9-15)19(31)22(33)29-13-25(26,27)24(2,3)20(29)23(34)35/h4-11,17,19-20,30-31H,12-13H2,1-3H3,(H,28,32)(H,34,35)/t17-,19-,20?/m0/s1. The van der Waals surface area contributed by atoms with Crippen LogP contribution in [0.4, 0.5) is 8.78 Å². The number of carbonyl (C=O) groups excluding carboxylic acids is 2. The first-order valence-electron chi connectivity index (χ1n) is 11.0. The fourth-order valence-corrected chi connectivity index (χ4v) is 4.31. The number of aliphatic carboxylic acids is 1. The van der Waals surface area contributed by atoms with E-state index in [-0.39, 0.29) is 23.3 Å². The second kappa shape index (κ2) is 9.61. The van der Waals surface area contributed by atoms with Crippen LogP contribution in [-0.2, 0) is 16.0 Å². The molecular weight excluding hydrogens is 462 g/mol. The van der Waals surface area contributed by atoms with Gasteiger partial charge in [-0.15, -0.1) is 0 Å². The van der Waals surface area contributed by atoms with Gasteiger partial charge in [-0.2, -0.15) is 0 Å². The molecule has 2 aromatic rings. The minimum absolute atomic E-state index is 0.0390. The van der Waals surface area contributed by atoms with Crippen LogP contribution in [-0.4, -0.2) is 68.7 Å². The van der Waals surface area contributed by atoms with Crippen LogP contribution in [0, 0.1) is 12.3 Å². The molecule has 0 spiro atoms. The third-order valence-corrected chi connectivity index (χ3v) is 6.62. The number of hydrogen-bond acceptors (Lipinski definition) is 5. The molecule has 3 rings (SSSR count). The van der Waals surface area contributed by atoms with E-state index in [0.29, 0.717) is 10.5 Å². The number of phenolic OH excluding ortho intramolecular Hbond substituents is 1. The summed E-state index contributed by atoms with van der Waals surface area (Å²) < 4.78 is 29.3. The Kier molecular flexibility index (Phi) is 7.16. The van der Waals surface area contributed by atoms with Gasteiger partial charge in [-0.25, -0.2) is 13.6 Å². The average molecular weight is 491 g/mol. The normalized spacial score (nSPS) is 20.2. The Bertz CT molecular complexity index is 1120. The van der Waals surface area contributed by atoms with Crippen LogP contribution in [0.3, 0.4) is 0 Å². The number of rotatable bonds is 7. The van der Waals surface area contributed by atoms with E-state index in [9.17, 15) is 38.5 Å². The van der Waals surface area contributed by atoms with Gasteiger partial charge in [0, 0.05) is 11.1 Å². The topological polar surface area (TPSA) is 127 Å². The van der Waals surface area contributed by atoms with E-state index in [1.54, 1.807) is 30.3 Å². The largest absolute Gasteiger partial charge is 0.508 e. The summed E-state index contributed by atoms with van der Waals surface area (Å²) >= 11 is 0. The van der Waals surface area contributed by atoms with Gasteiger partial charge < -0.3 is 25.5 Å². The van der Waals surface area contributed by atoms with Gasteiger partial charge in [-0.3, -0.25) is 9.59 Å². The van der Waals surface area contributed by atoms with E-state index in [2.05, 4.69) is 5.32 Å². The van der Waals surface area contributed by atoms with Crippen LogP contribution >= 0.6 is 0 Å². The zero-order valence-electron chi connectivity index (χ0n) is 19.5. The number of aliphatic hydroxyl groups is 1. The van der Waals surface area contributed by atoms with Gasteiger partial charge in [0.2, 0.25) is 0 Å². The van der Waals surface area contributed by atoms with E-state index in [0.717, 1.165) is 13.8 Å². The number of carboxylic acids is 1. The number of phenols is 1. The summed E-state index contributed by atoms with van der Waals surface area (Å²) in [6.07, 6.45) is -2.05. The van der Waals surface area contributed by atoms with Crippen LogP contribution in [0.15, 0.2) is 48.5 Å². The Balaban J connectivity index is 1.93. The quantitative estimate of drug-likeness (QED) is 0.472. The second-order valence-corrected chi connectivity index (χ2v) is 9.30. The predicted octanol–water partition coefficient (Wildman–Crippen LogP) is 2.36. The minimum atomic E-state index is -3.51. The predicted molar refractivity (Wildman–Crippen MR) is 122 cm³/mol. The van der Waals surface area contributed by atoms with Crippen molar-refractivity contribution >= 4 is 17.8 Å². The number of carboxylic acid groups (broad SMARTS) is 1. The number of nitrogens with zero attached hydrogens (tertiary/aromatic N) is 1. The van der Waals surface area contributed by atoms with Crippen LogP contribution < -0.4 is 5.32 Å². The second-order valence-electron chi connectivity index (χ2n) is 9.30. The fourth-order valence-electron chi connectivity index (χ4n) is 4.31. The highest BCUT2D eigenvalue weighted by atomic mass is 19.3. The number of halogens is 2. The van der Waals surface area contributed by atoms with Gasteiger partial charge in [-0.1, -0.05) is 50.2 Å². The van der Waals surface area contributed by atoms with Crippen LogP contribution in [0.2, 0.25) is 0 Å². The van der Waals surface area contributed by atoms with Crippen molar-refractivity contribution in [1.82, 2.24) is 10.2 Å². The summed E-state index contributed by atoms with van der Waals surface area (Å²) in [4.78, 5) is 38.5. The molecule has 1 heterocycles. The van der Waals surface area contributed by atoms with Gasteiger partial charge in [0.1, 0.15) is 11.8 Å². The number of alkyl halides is 2. The molecular formula is C25H28F2N2O6. The molecule has 0 saturated carbocycles. The SMILES string of the molecule is Cc1c(O)cccc1C(=O)N[C@@H](Cc1ccccc1)[C@H](O)C(=O)N1CC(F)(F)C(C)(C)C1C(=O)O. The number of aliphatic hydroxyl groups excluding tert-OH is 1. The van der Waals surface area contributed by atoms with Crippen LogP contribution in [0.25, 0.3) is 0 Å². The lowest BCUT2D eigenvalue weighted by molar-refractivity contribution is -0.156. The van der Waals surface area contributed by atoms with Crippen molar-refractivity contribution < 1.29 is 38.5 Å². The average Bonchev–Trinajstić information content (AvgIpc) is 2.98. The van der Waals surface area contributed by atoms with E-state index < -0.39 is 53.9 Å². The molecule has 1 aliphatic heterocycles. The van der Waals surface area contributed by atoms with E-state index in [4.69, 9.17) is 0 Å². The fraction of sp³-hybridized carbons (Fsp3) is 0.400. The summed E-state index contributed by atoms with van der Waals surface area (Å²) in [5.41, 5.74) is -1.07. The Morgan fingerprint density at radius 1 is 1.11 bits per heavy atom. The summed E-state index contributed by atoms with van der Waals surface area (Å²) in [6.45, 7) is 2.45. The molecule has 1 aliphatic rings. The van der Waals surface area contributed by atoms with Crippen molar-refractivity contribution in [2.24, 2.45) is 5.41 Å². The van der Waals surface area contributed by atoms with E-state index >= 15 is 0 Å². The molecule has 8 nitrogen and oxygen atoms in total. The molecule has 1 fully saturated rings. The molecule has 10 heteroatoms. The van der Waals surface area contributed by atoms with Crippen LogP contribution in [0.1, 0.15) is 35.3 Å². The number of benzene rings is 2. The molecule has 3 atom stereocenters. The summed E-state index contributed by atoms with van der Waals surface area (Å²) in [5, 5.41) is 33.0. The van der Waals surface area contributed by atoms with Crippen molar-refractivity contribution in [1.29, 1.82) is 0 Å². The molecule has 1 unspecified atom stereocenters. The summed E-state index contributed by atoms with van der Waals surface area (Å²) in [7, 11) is 0. The number of amides is 2. The van der Waals surface area contributed by atoms with Gasteiger partial charge in [0.05, 0.1) is 18.0 Å². The number of hydrogen-bond donors (Lipinski definition) is 4. The van der Waals surface area contributed by atoms with Gasteiger partial charge >= 0.3 is 5.97 Å². The third-order valence-electron chi connectivity index (χ3n) is 6.62. The van der Waals surface area contributed by atoms with Crippen molar-refractivity contribution in [3.8, 4) is 5.75 Å². The molecule has 0 bridgehead atoms. The smallest absolute Gasteiger partial charge is 0.327 e. The highest BCUT2D eigenvalue weighted by molar-refractivity contribution is 5.97. The number of carbonyl (C=O) groups is 3. The first-order chi connectivity index (χ1) is 16.3. The Labute approximate surface area is 201 Å². The summed E-state index contributed by atoms with van der Waals surface area (Å²) in [6, 6.07) is 9.73. The zero-order valence-corrected chi connectivity index (χ0v) is 19.5. The van der Waals surface area contributed by atoms with E-state index in [1.807, 2.05) is 0 Å². The summed E-state index contributed by atoms with van der Waals surface area (Å²) in [5.74, 6) is -7.18. The molecule has 0 aliphatic carbocycles. The monoisotopic (exact) mass is 490 g/mol. The highest BCUT2D eigenvalue weighted by Crippen LogP contribution is 2.48. The van der Waals surface area contributed by atoms with Crippen molar-refractivity contribution in [3.05, 3.63) is 65.2 Å². The number of nitrogens with one attached hydrogen (secondary N) is 1. The Morgan fingerprint density at radius 3 is 2.34 bits per heavy atom. The maximum absolute atomic E-state index is 14.6. The number of aromatic hydroxyl groups is 1. The molecule has 188 valence electrons.